The summed E-state index contributed by atoms with van der Waals surface area (Å²) in [6.45, 7) is 2.07. The normalized spacial score (nSPS) is 16.8. The number of hydrogen-bond acceptors (Lipinski definition) is 2. The van der Waals surface area contributed by atoms with Crippen LogP contribution in [0.4, 0.5) is 0 Å². The van der Waals surface area contributed by atoms with Crippen molar-refractivity contribution in [2.24, 2.45) is 5.92 Å². The van der Waals surface area contributed by atoms with Crippen LogP contribution in [0.3, 0.4) is 0 Å². The lowest BCUT2D eigenvalue weighted by atomic mass is 10.1. The van der Waals surface area contributed by atoms with E-state index in [9.17, 15) is 0 Å². The van der Waals surface area contributed by atoms with Gasteiger partial charge < -0.3 is 0 Å². The van der Waals surface area contributed by atoms with Crippen LogP contribution < -0.4 is 0 Å². The van der Waals surface area contributed by atoms with E-state index in [1.807, 2.05) is 6.20 Å². The van der Waals surface area contributed by atoms with Crippen LogP contribution in [0.1, 0.15) is 24.0 Å². The molecule has 68 valence electrons. The first-order valence-corrected chi connectivity index (χ1v) is 5.04. The number of aryl methyl sites for hydroxylation is 1. The van der Waals surface area contributed by atoms with Crippen molar-refractivity contribution in [2.45, 2.75) is 24.7 Å². The van der Waals surface area contributed by atoms with Crippen LogP contribution in [0.5, 0.6) is 0 Å². The van der Waals surface area contributed by atoms with E-state index in [0.717, 1.165) is 10.8 Å². The first kappa shape index (κ1) is 8.82. The Hall–Kier alpha value is -0.760. The van der Waals surface area contributed by atoms with Crippen molar-refractivity contribution in [1.82, 2.24) is 4.98 Å². The van der Waals surface area contributed by atoms with Crippen molar-refractivity contribution in [3.8, 4) is 0 Å². The standard InChI is InChI=1S/C11H13NS/c1-8-6-12-7-11(13)10(8)5-4-9-2-3-9/h4-7,9,13H,2-3H2,1H3/b5-4+. The zero-order valence-corrected chi connectivity index (χ0v) is 8.59. The van der Waals surface area contributed by atoms with Gasteiger partial charge in [-0.3, -0.25) is 4.98 Å². The predicted octanol–water partition coefficient (Wildman–Crippen LogP) is 3.10. The molecule has 1 aliphatic carbocycles. The summed E-state index contributed by atoms with van der Waals surface area (Å²) < 4.78 is 0. The Bertz CT molecular complexity index is 320. The van der Waals surface area contributed by atoms with E-state index < -0.39 is 0 Å². The number of thiol groups is 1. The molecule has 2 heteroatoms. The lowest BCUT2D eigenvalue weighted by Gasteiger charge is -2.01. The summed E-state index contributed by atoms with van der Waals surface area (Å²) in [7, 11) is 0. The van der Waals surface area contributed by atoms with Crippen LogP contribution in [0, 0.1) is 12.8 Å². The second-order valence-electron chi connectivity index (χ2n) is 3.59. The van der Waals surface area contributed by atoms with Crippen molar-refractivity contribution in [1.29, 1.82) is 0 Å². The van der Waals surface area contributed by atoms with Gasteiger partial charge in [0.2, 0.25) is 0 Å². The van der Waals surface area contributed by atoms with Gasteiger partial charge in [0.1, 0.15) is 0 Å². The number of rotatable bonds is 2. The topological polar surface area (TPSA) is 12.9 Å². The highest BCUT2D eigenvalue weighted by molar-refractivity contribution is 7.80. The molecule has 1 aliphatic rings. The smallest absolute Gasteiger partial charge is 0.0407 e. The van der Waals surface area contributed by atoms with Crippen molar-refractivity contribution >= 4 is 18.7 Å². The minimum absolute atomic E-state index is 0.820. The van der Waals surface area contributed by atoms with Gasteiger partial charge in [0, 0.05) is 17.3 Å². The molecule has 13 heavy (non-hydrogen) atoms. The molecule has 1 aromatic heterocycles. The number of aromatic nitrogens is 1. The maximum atomic E-state index is 4.38. The Morgan fingerprint density at radius 1 is 1.46 bits per heavy atom. The van der Waals surface area contributed by atoms with Crippen LogP contribution in [0.2, 0.25) is 0 Å². The third-order valence-corrected chi connectivity index (χ3v) is 2.68. The third kappa shape index (κ3) is 2.13. The molecule has 2 rings (SSSR count). The summed E-state index contributed by atoms with van der Waals surface area (Å²) in [6, 6.07) is 0. The molecule has 0 atom stereocenters. The first-order chi connectivity index (χ1) is 6.27. The Morgan fingerprint density at radius 3 is 2.85 bits per heavy atom. The number of nitrogens with zero attached hydrogens (tertiary/aromatic N) is 1. The van der Waals surface area contributed by atoms with Crippen LogP contribution in [0.25, 0.3) is 6.08 Å². The number of hydrogen-bond donors (Lipinski definition) is 1. The van der Waals surface area contributed by atoms with Crippen LogP contribution in [0.15, 0.2) is 23.4 Å². The van der Waals surface area contributed by atoms with Crippen molar-refractivity contribution in [3.63, 3.8) is 0 Å². The molecule has 0 radical (unpaired) electrons. The van der Waals surface area contributed by atoms with E-state index in [-0.39, 0.29) is 0 Å². The Labute approximate surface area is 84.3 Å². The second kappa shape index (κ2) is 3.54. The molecular formula is C11H13NS. The SMILES string of the molecule is Cc1cncc(S)c1/C=C/C1CC1. The molecule has 0 spiro atoms. The number of allylic oxidation sites excluding steroid dienone is 1. The van der Waals surface area contributed by atoms with Gasteiger partial charge in [0.05, 0.1) is 0 Å². The fourth-order valence-corrected chi connectivity index (χ4v) is 1.62. The van der Waals surface area contributed by atoms with Crippen molar-refractivity contribution in [2.75, 3.05) is 0 Å². The Balaban J connectivity index is 2.26. The zero-order chi connectivity index (χ0) is 9.26. The van der Waals surface area contributed by atoms with Gasteiger partial charge in [-0.05, 0) is 36.8 Å². The molecule has 0 saturated heterocycles. The minimum Gasteiger partial charge on any atom is -0.263 e. The Kier molecular flexibility index (Phi) is 2.40. The molecule has 0 aromatic carbocycles. The fourth-order valence-electron chi connectivity index (χ4n) is 1.30. The van der Waals surface area contributed by atoms with Gasteiger partial charge >= 0.3 is 0 Å². The van der Waals surface area contributed by atoms with Gasteiger partial charge in [-0.15, -0.1) is 12.6 Å². The van der Waals surface area contributed by atoms with Gasteiger partial charge in [-0.2, -0.15) is 0 Å². The van der Waals surface area contributed by atoms with E-state index in [4.69, 9.17) is 0 Å². The highest BCUT2D eigenvalue weighted by atomic mass is 32.1. The predicted molar refractivity (Wildman–Crippen MR) is 58.0 cm³/mol. The monoisotopic (exact) mass is 191 g/mol. The molecule has 1 nitrogen and oxygen atoms in total. The zero-order valence-electron chi connectivity index (χ0n) is 7.70. The van der Waals surface area contributed by atoms with Gasteiger partial charge in [0.25, 0.3) is 0 Å². The van der Waals surface area contributed by atoms with Gasteiger partial charge in [-0.1, -0.05) is 12.2 Å². The minimum atomic E-state index is 0.820. The molecular weight excluding hydrogens is 178 g/mol. The molecule has 0 aliphatic heterocycles. The lowest BCUT2D eigenvalue weighted by Crippen LogP contribution is -1.85. The molecule has 0 N–H and O–H groups in total. The van der Waals surface area contributed by atoms with E-state index in [0.29, 0.717) is 0 Å². The van der Waals surface area contributed by atoms with Crippen molar-refractivity contribution < 1.29 is 0 Å². The van der Waals surface area contributed by atoms with E-state index in [1.165, 1.54) is 24.0 Å². The molecule has 0 amide bonds. The summed E-state index contributed by atoms with van der Waals surface area (Å²) >= 11 is 4.38. The maximum absolute atomic E-state index is 4.38. The summed E-state index contributed by atoms with van der Waals surface area (Å²) in [6.07, 6.45) is 10.8. The fraction of sp³-hybridized carbons (Fsp3) is 0.364. The molecule has 1 heterocycles. The Morgan fingerprint density at radius 2 is 2.23 bits per heavy atom. The van der Waals surface area contributed by atoms with Gasteiger partial charge in [0.15, 0.2) is 0 Å². The number of pyridine rings is 1. The highest BCUT2D eigenvalue weighted by Crippen LogP contribution is 2.31. The van der Waals surface area contributed by atoms with Crippen LogP contribution in [-0.4, -0.2) is 4.98 Å². The molecule has 1 saturated carbocycles. The van der Waals surface area contributed by atoms with Gasteiger partial charge in [-0.25, -0.2) is 0 Å². The summed E-state index contributed by atoms with van der Waals surface area (Å²) in [4.78, 5) is 5.05. The highest BCUT2D eigenvalue weighted by Gasteiger charge is 2.17. The average Bonchev–Trinajstić information content (AvgIpc) is 2.87. The quantitative estimate of drug-likeness (QED) is 0.709. The van der Waals surface area contributed by atoms with E-state index in [1.54, 1.807) is 6.20 Å². The third-order valence-electron chi connectivity index (χ3n) is 2.32. The van der Waals surface area contributed by atoms with E-state index in [2.05, 4.69) is 36.7 Å². The van der Waals surface area contributed by atoms with Crippen LogP contribution in [-0.2, 0) is 0 Å². The first-order valence-electron chi connectivity index (χ1n) is 4.59. The van der Waals surface area contributed by atoms with E-state index >= 15 is 0 Å². The largest absolute Gasteiger partial charge is 0.263 e. The summed E-state index contributed by atoms with van der Waals surface area (Å²) in [5.41, 5.74) is 2.41. The maximum Gasteiger partial charge on any atom is 0.0407 e. The van der Waals surface area contributed by atoms with Crippen LogP contribution >= 0.6 is 12.6 Å². The average molecular weight is 191 g/mol. The molecule has 1 aromatic rings. The molecule has 1 fully saturated rings. The molecule has 0 unspecified atom stereocenters. The van der Waals surface area contributed by atoms with Crippen molar-refractivity contribution in [3.05, 3.63) is 29.6 Å². The summed E-state index contributed by atoms with van der Waals surface area (Å²) in [5.74, 6) is 0.820. The second-order valence-corrected chi connectivity index (χ2v) is 4.07. The summed E-state index contributed by atoms with van der Waals surface area (Å²) in [5, 5.41) is 0. The lowest BCUT2D eigenvalue weighted by molar-refractivity contribution is 1.12. The molecule has 0 bridgehead atoms.